The molecule has 1 aromatic heterocycles. The molecule has 1 heterocycles. The molecule has 1 nitrogen and oxygen atoms in total. The number of thiazole rings is 1. The van der Waals surface area contributed by atoms with Crippen LogP contribution >= 0.6 is 27.3 Å². The van der Waals surface area contributed by atoms with E-state index in [2.05, 4.69) is 71.3 Å². The molecule has 2 aromatic rings. The summed E-state index contributed by atoms with van der Waals surface area (Å²) in [5.41, 5.74) is 3.76. The highest BCUT2D eigenvalue weighted by molar-refractivity contribution is 9.11. The Hall–Kier alpha value is -0.670. The molecule has 0 saturated carbocycles. The maximum Gasteiger partial charge on any atom is 0.159 e. The first-order valence-electron chi connectivity index (χ1n) is 5.19. The van der Waals surface area contributed by atoms with E-state index in [1.165, 1.54) is 11.1 Å². The van der Waals surface area contributed by atoms with Gasteiger partial charge < -0.3 is 0 Å². The summed E-state index contributed by atoms with van der Waals surface area (Å²) in [5, 5.41) is 2.08. The van der Waals surface area contributed by atoms with Crippen molar-refractivity contribution in [2.45, 2.75) is 26.2 Å². The van der Waals surface area contributed by atoms with Crippen LogP contribution in [-0.2, 0) is 5.41 Å². The van der Waals surface area contributed by atoms with E-state index < -0.39 is 0 Å². The van der Waals surface area contributed by atoms with Crippen molar-refractivity contribution in [3.05, 3.63) is 39.1 Å². The third kappa shape index (κ3) is 2.53. The highest BCUT2D eigenvalue weighted by Crippen LogP contribution is 2.29. The molecule has 0 aliphatic heterocycles. The number of benzene rings is 1. The fraction of sp³-hybridized carbons (Fsp3) is 0.308. The summed E-state index contributed by atoms with van der Waals surface area (Å²) in [6.07, 6.45) is 0. The van der Waals surface area contributed by atoms with Gasteiger partial charge in [-0.05, 0) is 33.0 Å². The number of rotatable bonds is 1. The van der Waals surface area contributed by atoms with Gasteiger partial charge in [-0.25, -0.2) is 4.98 Å². The van der Waals surface area contributed by atoms with E-state index in [0.717, 1.165) is 9.61 Å². The summed E-state index contributed by atoms with van der Waals surface area (Å²) >= 11 is 5.01. The SMILES string of the molecule is CC(C)(C)c1cccc(-c2csc(Br)n2)c1. The van der Waals surface area contributed by atoms with Crippen LogP contribution in [0.1, 0.15) is 26.3 Å². The van der Waals surface area contributed by atoms with E-state index in [4.69, 9.17) is 0 Å². The van der Waals surface area contributed by atoms with Gasteiger partial charge in [0.1, 0.15) is 0 Å². The fourth-order valence-electron chi connectivity index (χ4n) is 1.53. The van der Waals surface area contributed by atoms with Crippen molar-refractivity contribution in [1.82, 2.24) is 4.98 Å². The van der Waals surface area contributed by atoms with Crippen LogP contribution in [0, 0.1) is 0 Å². The third-order valence-electron chi connectivity index (χ3n) is 2.50. The fourth-order valence-corrected chi connectivity index (χ4v) is 2.55. The molecule has 1 aromatic carbocycles. The molecule has 0 N–H and O–H groups in total. The van der Waals surface area contributed by atoms with Crippen LogP contribution in [0.2, 0.25) is 0 Å². The summed E-state index contributed by atoms with van der Waals surface area (Å²) in [6, 6.07) is 8.60. The van der Waals surface area contributed by atoms with Crippen molar-refractivity contribution >= 4 is 27.3 Å². The lowest BCUT2D eigenvalue weighted by Crippen LogP contribution is -2.10. The second-order valence-corrected chi connectivity index (χ2v) is 6.95. The molecule has 3 heteroatoms. The lowest BCUT2D eigenvalue weighted by atomic mass is 9.86. The normalized spacial score (nSPS) is 11.8. The van der Waals surface area contributed by atoms with Gasteiger partial charge >= 0.3 is 0 Å². The smallest absolute Gasteiger partial charge is 0.159 e. The minimum absolute atomic E-state index is 0.184. The molecule has 0 spiro atoms. The van der Waals surface area contributed by atoms with Crippen LogP contribution in [0.5, 0.6) is 0 Å². The highest BCUT2D eigenvalue weighted by Gasteiger charge is 2.14. The summed E-state index contributed by atoms with van der Waals surface area (Å²) in [5.74, 6) is 0. The first kappa shape index (κ1) is 11.8. The Morgan fingerprint density at radius 3 is 2.56 bits per heavy atom. The van der Waals surface area contributed by atoms with Crippen molar-refractivity contribution in [2.24, 2.45) is 0 Å². The van der Waals surface area contributed by atoms with Crippen LogP contribution in [0.3, 0.4) is 0 Å². The molecular formula is C13H14BrNS. The second-order valence-electron chi connectivity index (χ2n) is 4.82. The molecule has 0 amide bonds. The molecule has 0 radical (unpaired) electrons. The number of hydrogen-bond acceptors (Lipinski definition) is 2. The van der Waals surface area contributed by atoms with E-state index in [-0.39, 0.29) is 5.41 Å². The van der Waals surface area contributed by atoms with Crippen LogP contribution in [0.15, 0.2) is 33.6 Å². The molecule has 84 valence electrons. The molecule has 0 bridgehead atoms. The van der Waals surface area contributed by atoms with E-state index in [0.29, 0.717) is 0 Å². The van der Waals surface area contributed by atoms with Crippen molar-refractivity contribution < 1.29 is 0 Å². The van der Waals surface area contributed by atoms with Crippen LogP contribution in [0.4, 0.5) is 0 Å². The molecule has 0 saturated heterocycles. The third-order valence-corrected chi connectivity index (χ3v) is 3.87. The Labute approximate surface area is 109 Å². The van der Waals surface area contributed by atoms with Crippen molar-refractivity contribution in [2.75, 3.05) is 0 Å². The highest BCUT2D eigenvalue weighted by atomic mass is 79.9. The van der Waals surface area contributed by atoms with Gasteiger partial charge in [0, 0.05) is 10.9 Å². The van der Waals surface area contributed by atoms with Gasteiger partial charge in [-0.1, -0.05) is 39.0 Å². The molecule has 16 heavy (non-hydrogen) atoms. The zero-order valence-electron chi connectivity index (χ0n) is 9.62. The number of halogens is 1. The standard InChI is InChI=1S/C13H14BrNS/c1-13(2,3)10-6-4-5-9(7-10)11-8-16-12(14)15-11/h4-8H,1-3H3. The van der Waals surface area contributed by atoms with E-state index in [9.17, 15) is 0 Å². The molecule has 2 rings (SSSR count). The molecule has 0 aliphatic rings. The Morgan fingerprint density at radius 2 is 2.00 bits per heavy atom. The number of hydrogen-bond donors (Lipinski definition) is 0. The predicted molar refractivity (Wildman–Crippen MR) is 74.0 cm³/mol. The molecule has 0 aliphatic carbocycles. The van der Waals surface area contributed by atoms with Gasteiger partial charge in [0.2, 0.25) is 0 Å². The first-order chi connectivity index (χ1) is 7.47. The topological polar surface area (TPSA) is 12.9 Å². The lowest BCUT2D eigenvalue weighted by molar-refractivity contribution is 0.590. The van der Waals surface area contributed by atoms with Gasteiger partial charge in [-0.3, -0.25) is 0 Å². The van der Waals surface area contributed by atoms with Gasteiger partial charge in [-0.2, -0.15) is 0 Å². The Morgan fingerprint density at radius 1 is 1.25 bits per heavy atom. The quantitative estimate of drug-likeness (QED) is 0.731. The van der Waals surface area contributed by atoms with Crippen molar-refractivity contribution in [3.63, 3.8) is 0 Å². The van der Waals surface area contributed by atoms with Gasteiger partial charge in [-0.15, -0.1) is 11.3 Å². The number of aromatic nitrogens is 1. The number of nitrogens with zero attached hydrogens (tertiary/aromatic N) is 1. The summed E-state index contributed by atoms with van der Waals surface area (Å²) in [6.45, 7) is 6.68. The monoisotopic (exact) mass is 295 g/mol. The van der Waals surface area contributed by atoms with Crippen molar-refractivity contribution in [1.29, 1.82) is 0 Å². The van der Waals surface area contributed by atoms with E-state index >= 15 is 0 Å². The van der Waals surface area contributed by atoms with E-state index in [1.54, 1.807) is 11.3 Å². The average molecular weight is 296 g/mol. The van der Waals surface area contributed by atoms with Crippen LogP contribution in [0.25, 0.3) is 11.3 Å². The lowest BCUT2D eigenvalue weighted by Gasteiger charge is -2.19. The average Bonchev–Trinajstić information content (AvgIpc) is 2.64. The summed E-state index contributed by atoms with van der Waals surface area (Å²) in [4.78, 5) is 4.44. The second kappa shape index (κ2) is 4.30. The summed E-state index contributed by atoms with van der Waals surface area (Å²) in [7, 11) is 0. The minimum Gasteiger partial charge on any atom is -0.229 e. The van der Waals surface area contributed by atoms with Gasteiger partial charge in [0.25, 0.3) is 0 Å². The molecule has 0 atom stereocenters. The van der Waals surface area contributed by atoms with Gasteiger partial charge in [0.15, 0.2) is 3.92 Å². The van der Waals surface area contributed by atoms with E-state index in [1.807, 2.05) is 0 Å². The largest absolute Gasteiger partial charge is 0.229 e. The Bertz CT molecular complexity index is 497. The molecule has 0 unspecified atom stereocenters. The molecule has 0 fully saturated rings. The predicted octanol–water partition coefficient (Wildman–Crippen LogP) is 4.87. The Kier molecular flexibility index (Phi) is 3.17. The molecular weight excluding hydrogens is 282 g/mol. The van der Waals surface area contributed by atoms with Crippen molar-refractivity contribution in [3.8, 4) is 11.3 Å². The minimum atomic E-state index is 0.184. The zero-order chi connectivity index (χ0) is 11.8. The van der Waals surface area contributed by atoms with Crippen LogP contribution < -0.4 is 0 Å². The van der Waals surface area contributed by atoms with Gasteiger partial charge in [0.05, 0.1) is 5.69 Å². The Balaban J connectivity index is 2.44. The zero-order valence-corrected chi connectivity index (χ0v) is 12.0. The maximum atomic E-state index is 4.44. The summed E-state index contributed by atoms with van der Waals surface area (Å²) < 4.78 is 0.934. The van der Waals surface area contributed by atoms with Crippen LogP contribution in [-0.4, -0.2) is 4.98 Å². The maximum absolute atomic E-state index is 4.44. The first-order valence-corrected chi connectivity index (χ1v) is 6.86.